The Morgan fingerprint density at radius 3 is 2.70 bits per heavy atom. The summed E-state index contributed by atoms with van der Waals surface area (Å²) in [6.07, 6.45) is 5.32. The molecule has 114 valence electrons. The molecule has 23 heavy (non-hydrogen) atoms. The first-order valence-corrected chi connectivity index (χ1v) is 8.93. The van der Waals surface area contributed by atoms with E-state index in [-0.39, 0.29) is 0 Å². The Morgan fingerprint density at radius 2 is 1.96 bits per heavy atom. The van der Waals surface area contributed by atoms with Crippen LogP contribution in [0.4, 0.5) is 0 Å². The van der Waals surface area contributed by atoms with Gasteiger partial charge in [0.1, 0.15) is 16.2 Å². The highest BCUT2D eigenvalue weighted by molar-refractivity contribution is 7.99. The number of fused-ring (bicyclic) bond motifs is 1. The monoisotopic (exact) mass is 358 g/mol. The minimum atomic E-state index is 0.729. The highest BCUT2D eigenvalue weighted by Crippen LogP contribution is 2.39. The number of halogens is 1. The predicted octanol–water partition coefficient (Wildman–Crippen LogP) is 4.90. The molecule has 7 heteroatoms. The van der Waals surface area contributed by atoms with Crippen LogP contribution in [0.5, 0.6) is 0 Å². The largest absolute Gasteiger partial charge is 0.329 e. The van der Waals surface area contributed by atoms with Gasteiger partial charge in [-0.1, -0.05) is 23.7 Å². The van der Waals surface area contributed by atoms with Gasteiger partial charge in [-0.3, -0.25) is 0 Å². The van der Waals surface area contributed by atoms with E-state index < -0.39 is 0 Å². The SMILES string of the molecule is Cn1ccnc1Sc1ncnc2scc(-c3ccc(Cl)cc3)c12. The molecule has 1 aromatic carbocycles. The summed E-state index contributed by atoms with van der Waals surface area (Å²) in [5.41, 5.74) is 2.23. The second kappa shape index (κ2) is 5.96. The van der Waals surface area contributed by atoms with Crippen LogP contribution in [0.3, 0.4) is 0 Å². The van der Waals surface area contributed by atoms with E-state index >= 15 is 0 Å². The molecular formula is C16H11ClN4S2. The molecule has 0 N–H and O–H groups in total. The van der Waals surface area contributed by atoms with E-state index in [0.29, 0.717) is 0 Å². The molecule has 0 amide bonds. The average Bonchev–Trinajstić information content (AvgIpc) is 3.16. The molecule has 0 saturated heterocycles. The fourth-order valence-electron chi connectivity index (χ4n) is 2.30. The summed E-state index contributed by atoms with van der Waals surface area (Å²) in [6.45, 7) is 0. The molecule has 0 saturated carbocycles. The summed E-state index contributed by atoms with van der Waals surface area (Å²) in [4.78, 5) is 14.2. The van der Waals surface area contributed by atoms with E-state index in [1.807, 2.05) is 42.1 Å². The zero-order valence-electron chi connectivity index (χ0n) is 12.1. The number of benzene rings is 1. The van der Waals surface area contributed by atoms with Crippen molar-refractivity contribution in [2.75, 3.05) is 0 Å². The zero-order chi connectivity index (χ0) is 15.8. The second-order valence-electron chi connectivity index (χ2n) is 4.94. The second-order valence-corrected chi connectivity index (χ2v) is 7.19. The third-order valence-electron chi connectivity index (χ3n) is 3.46. The van der Waals surface area contributed by atoms with Gasteiger partial charge < -0.3 is 4.57 Å². The van der Waals surface area contributed by atoms with E-state index in [2.05, 4.69) is 20.3 Å². The molecule has 0 aliphatic heterocycles. The maximum atomic E-state index is 6.00. The fourth-order valence-corrected chi connectivity index (χ4v) is 4.31. The van der Waals surface area contributed by atoms with Gasteiger partial charge in [0.05, 0.1) is 5.39 Å². The standard InChI is InChI=1S/C16H11ClN4S2/c1-21-7-6-18-16(21)23-15-13-12(8-22-14(13)19-9-20-15)10-2-4-11(17)5-3-10/h2-9H,1H3. The van der Waals surface area contributed by atoms with Gasteiger partial charge in [0, 0.05) is 35.4 Å². The van der Waals surface area contributed by atoms with Crippen LogP contribution < -0.4 is 0 Å². The third-order valence-corrected chi connectivity index (χ3v) is 5.67. The van der Waals surface area contributed by atoms with Crippen molar-refractivity contribution >= 4 is 44.9 Å². The van der Waals surface area contributed by atoms with Crippen LogP contribution in [0.1, 0.15) is 0 Å². The van der Waals surface area contributed by atoms with Gasteiger partial charge in [0.2, 0.25) is 0 Å². The molecule has 4 rings (SSSR count). The Morgan fingerprint density at radius 1 is 1.13 bits per heavy atom. The van der Waals surface area contributed by atoms with Crippen molar-refractivity contribution in [1.29, 1.82) is 0 Å². The molecule has 4 aromatic rings. The molecule has 3 aromatic heterocycles. The van der Waals surface area contributed by atoms with E-state index in [4.69, 9.17) is 11.6 Å². The predicted molar refractivity (Wildman–Crippen MR) is 95.2 cm³/mol. The normalized spacial score (nSPS) is 11.2. The Kier molecular flexibility index (Phi) is 3.80. The number of aryl methyl sites for hydroxylation is 1. The average molecular weight is 359 g/mol. The molecule has 0 unspecified atom stereocenters. The van der Waals surface area contributed by atoms with Crippen LogP contribution in [-0.2, 0) is 7.05 Å². The lowest BCUT2D eigenvalue weighted by Gasteiger charge is -2.05. The summed E-state index contributed by atoms with van der Waals surface area (Å²) in [5.74, 6) is 0. The molecule has 3 heterocycles. The van der Waals surface area contributed by atoms with E-state index in [9.17, 15) is 0 Å². The number of nitrogens with zero attached hydrogens (tertiary/aromatic N) is 4. The van der Waals surface area contributed by atoms with Crippen molar-refractivity contribution in [1.82, 2.24) is 19.5 Å². The number of rotatable bonds is 3. The van der Waals surface area contributed by atoms with Gasteiger partial charge in [-0.15, -0.1) is 11.3 Å². The van der Waals surface area contributed by atoms with Crippen molar-refractivity contribution < 1.29 is 0 Å². The van der Waals surface area contributed by atoms with Gasteiger partial charge in [0.25, 0.3) is 0 Å². The first kappa shape index (κ1) is 14.7. The molecule has 0 spiro atoms. The molecular weight excluding hydrogens is 348 g/mol. The number of hydrogen-bond acceptors (Lipinski definition) is 5. The summed E-state index contributed by atoms with van der Waals surface area (Å²) in [5, 5.41) is 5.72. The van der Waals surface area contributed by atoms with Crippen LogP contribution in [0.15, 0.2) is 58.5 Å². The number of aromatic nitrogens is 4. The van der Waals surface area contributed by atoms with Crippen LogP contribution in [0.25, 0.3) is 21.3 Å². The lowest BCUT2D eigenvalue weighted by molar-refractivity contribution is 0.789. The lowest BCUT2D eigenvalue weighted by Crippen LogP contribution is -1.91. The zero-order valence-corrected chi connectivity index (χ0v) is 14.5. The summed E-state index contributed by atoms with van der Waals surface area (Å²) in [7, 11) is 1.97. The fraction of sp³-hybridized carbons (Fsp3) is 0.0625. The maximum absolute atomic E-state index is 6.00. The van der Waals surface area contributed by atoms with Crippen molar-refractivity contribution in [2.45, 2.75) is 10.2 Å². The summed E-state index contributed by atoms with van der Waals surface area (Å²) < 4.78 is 1.98. The van der Waals surface area contributed by atoms with Gasteiger partial charge >= 0.3 is 0 Å². The van der Waals surface area contributed by atoms with Crippen molar-refractivity contribution in [3.63, 3.8) is 0 Å². The topological polar surface area (TPSA) is 43.6 Å². The lowest BCUT2D eigenvalue weighted by atomic mass is 10.1. The van der Waals surface area contributed by atoms with Crippen molar-refractivity contribution in [2.24, 2.45) is 7.05 Å². The van der Waals surface area contributed by atoms with Crippen LogP contribution in [-0.4, -0.2) is 19.5 Å². The molecule has 0 fully saturated rings. The molecule has 4 nitrogen and oxygen atoms in total. The van der Waals surface area contributed by atoms with E-state index in [0.717, 1.165) is 36.5 Å². The smallest absolute Gasteiger partial charge is 0.174 e. The Bertz CT molecular complexity index is 975. The quantitative estimate of drug-likeness (QED) is 0.489. The minimum Gasteiger partial charge on any atom is -0.329 e. The Hall–Kier alpha value is -1.89. The molecule has 0 aliphatic carbocycles. The third kappa shape index (κ3) is 2.73. The van der Waals surface area contributed by atoms with Gasteiger partial charge in [-0.2, -0.15) is 0 Å². The summed E-state index contributed by atoms with van der Waals surface area (Å²) >= 11 is 9.17. The minimum absolute atomic E-state index is 0.729. The van der Waals surface area contributed by atoms with Crippen LogP contribution >= 0.6 is 34.7 Å². The first-order chi connectivity index (χ1) is 11.2. The Balaban J connectivity index is 1.87. The molecule has 0 bridgehead atoms. The number of hydrogen-bond donors (Lipinski definition) is 0. The Labute approximate surface area is 146 Å². The molecule has 0 atom stereocenters. The van der Waals surface area contributed by atoms with E-state index in [1.54, 1.807) is 35.6 Å². The number of thiophene rings is 1. The van der Waals surface area contributed by atoms with Crippen molar-refractivity contribution in [3.8, 4) is 11.1 Å². The molecule has 0 radical (unpaired) electrons. The highest BCUT2D eigenvalue weighted by atomic mass is 35.5. The van der Waals surface area contributed by atoms with Crippen LogP contribution in [0.2, 0.25) is 5.02 Å². The molecule has 0 aliphatic rings. The van der Waals surface area contributed by atoms with Gasteiger partial charge in [-0.05, 0) is 29.5 Å². The number of imidazole rings is 1. The van der Waals surface area contributed by atoms with Gasteiger partial charge in [0.15, 0.2) is 5.16 Å². The van der Waals surface area contributed by atoms with Crippen LogP contribution in [0, 0.1) is 0 Å². The maximum Gasteiger partial charge on any atom is 0.174 e. The van der Waals surface area contributed by atoms with Crippen molar-refractivity contribution in [3.05, 3.63) is 53.4 Å². The highest BCUT2D eigenvalue weighted by Gasteiger charge is 2.15. The summed E-state index contributed by atoms with van der Waals surface area (Å²) in [6, 6.07) is 7.84. The van der Waals surface area contributed by atoms with Gasteiger partial charge in [-0.25, -0.2) is 15.0 Å². The first-order valence-electron chi connectivity index (χ1n) is 6.85. The van der Waals surface area contributed by atoms with E-state index in [1.165, 1.54) is 0 Å².